The van der Waals surface area contributed by atoms with Crippen LogP contribution in [0.2, 0.25) is 0 Å². The van der Waals surface area contributed by atoms with Gasteiger partial charge < -0.3 is 0 Å². The van der Waals surface area contributed by atoms with Gasteiger partial charge in [0.15, 0.2) is 0 Å². The van der Waals surface area contributed by atoms with Crippen molar-refractivity contribution < 1.29 is 9.59 Å². The molecule has 0 radical (unpaired) electrons. The molecule has 0 N–H and O–H groups in total. The van der Waals surface area contributed by atoms with Crippen LogP contribution in [0.15, 0.2) is 30.5 Å². The maximum Gasteiger partial charge on any atom is 0.239 e. The van der Waals surface area contributed by atoms with Crippen LogP contribution in [-0.4, -0.2) is 16.8 Å². The third-order valence-electron chi connectivity index (χ3n) is 4.66. The number of hydrogen-bond donors (Lipinski definition) is 0. The van der Waals surface area contributed by atoms with Crippen molar-refractivity contribution in [3.8, 4) is 0 Å². The van der Waals surface area contributed by atoms with E-state index in [1.165, 1.54) is 4.90 Å². The van der Waals surface area contributed by atoms with Crippen LogP contribution >= 0.6 is 0 Å². The number of amides is 2. The van der Waals surface area contributed by atoms with Crippen LogP contribution < -0.4 is 4.90 Å². The van der Waals surface area contributed by atoms with E-state index in [1.807, 2.05) is 19.1 Å². The van der Waals surface area contributed by atoms with E-state index in [-0.39, 0.29) is 35.5 Å². The van der Waals surface area contributed by atoms with Crippen LogP contribution in [0.25, 0.3) is 0 Å². The van der Waals surface area contributed by atoms with Crippen molar-refractivity contribution in [2.45, 2.75) is 13.3 Å². The molecule has 1 saturated heterocycles. The van der Waals surface area contributed by atoms with E-state index in [9.17, 15) is 9.59 Å². The van der Waals surface area contributed by atoms with Crippen LogP contribution in [0.1, 0.15) is 12.0 Å². The fraction of sp³-hybridized carbons (Fsp3) is 0.400. The molecule has 1 saturated carbocycles. The minimum atomic E-state index is -0.149. The number of aromatic nitrogens is 1. The highest BCUT2D eigenvalue weighted by atomic mass is 16.2. The van der Waals surface area contributed by atoms with Gasteiger partial charge in [0.05, 0.1) is 11.8 Å². The van der Waals surface area contributed by atoms with E-state index in [0.29, 0.717) is 5.82 Å². The number of carbonyl (C=O) groups excluding carboxylic acids is 2. The summed E-state index contributed by atoms with van der Waals surface area (Å²) in [5.41, 5.74) is 0.865. The molecule has 96 valence electrons. The lowest BCUT2D eigenvalue weighted by Gasteiger charge is -2.17. The lowest BCUT2D eigenvalue weighted by atomic mass is 9.85. The lowest BCUT2D eigenvalue weighted by Crippen LogP contribution is -2.34. The molecule has 4 rings (SSSR count). The smallest absolute Gasteiger partial charge is 0.239 e. The van der Waals surface area contributed by atoms with Gasteiger partial charge in [-0.05, 0) is 36.8 Å². The molecule has 0 unspecified atom stereocenters. The van der Waals surface area contributed by atoms with E-state index < -0.39 is 0 Å². The number of nitrogens with zero attached hydrogens (tertiary/aromatic N) is 2. The molecule has 1 aromatic heterocycles. The summed E-state index contributed by atoms with van der Waals surface area (Å²) in [6.07, 6.45) is 6.79. The van der Waals surface area contributed by atoms with Crippen molar-refractivity contribution in [1.29, 1.82) is 0 Å². The molecule has 2 fully saturated rings. The second-order valence-electron chi connectivity index (χ2n) is 5.66. The normalized spacial score (nSPS) is 35.3. The monoisotopic (exact) mass is 254 g/mol. The first kappa shape index (κ1) is 10.9. The first-order valence-electron chi connectivity index (χ1n) is 6.66. The third kappa shape index (κ3) is 1.26. The van der Waals surface area contributed by atoms with Crippen molar-refractivity contribution in [3.63, 3.8) is 0 Å². The lowest BCUT2D eigenvalue weighted by molar-refractivity contribution is -0.123. The molecule has 19 heavy (non-hydrogen) atoms. The maximum atomic E-state index is 12.6. The first-order chi connectivity index (χ1) is 9.18. The number of anilines is 1. The van der Waals surface area contributed by atoms with E-state index >= 15 is 0 Å². The van der Waals surface area contributed by atoms with Crippen molar-refractivity contribution in [1.82, 2.24) is 4.98 Å². The van der Waals surface area contributed by atoms with Gasteiger partial charge in [-0.25, -0.2) is 9.88 Å². The Morgan fingerprint density at radius 1 is 1.16 bits per heavy atom. The Hall–Kier alpha value is -1.97. The molecule has 0 aromatic carbocycles. The molecule has 4 atom stereocenters. The molecule has 4 heteroatoms. The molecule has 1 aromatic rings. The number of aryl methyl sites for hydroxylation is 1. The standard InChI is InChI=1S/C15H14N2O2/c1-8-3-2-6-16-13(8)17-14(18)11-9-4-5-10(7-9)12(11)15(17)19/h2-6,9-12H,7H2,1H3/t9-,10+,11-,12-/m0/s1. The summed E-state index contributed by atoms with van der Waals surface area (Å²) in [5, 5.41) is 0. The minimum Gasteiger partial charge on any atom is -0.274 e. The molecular formula is C15H14N2O2. The van der Waals surface area contributed by atoms with Gasteiger partial charge in [0.25, 0.3) is 0 Å². The number of hydrogen-bond acceptors (Lipinski definition) is 3. The average Bonchev–Trinajstić information content (AvgIpc) is 3.06. The number of imide groups is 1. The van der Waals surface area contributed by atoms with Gasteiger partial charge in [0, 0.05) is 6.20 Å². The van der Waals surface area contributed by atoms with E-state index in [1.54, 1.807) is 6.20 Å². The van der Waals surface area contributed by atoms with Crippen molar-refractivity contribution >= 4 is 17.6 Å². The van der Waals surface area contributed by atoms with Crippen LogP contribution in [0, 0.1) is 30.6 Å². The fourth-order valence-corrected chi connectivity index (χ4v) is 3.82. The van der Waals surface area contributed by atoms with Gasteiger partial charge in [-0.1, -0.05) is 18.2 Å². The summed E-state index contributed by atoms with van der Waals surface area (Å²) >= 11 is 0. The quantitative estimate of drug-likeness (QED) is 0.566. The zero-order valence-electron chi connectivity index (χ0n) is 10.6. The minimum absolute atomic E-state index is 0.0614. The second kappa shape index (κ2) is 3.53. The van der Waals surface area contributed by atoms with Crippen molar-refractivity contribution in [2.75, 3.05) is 4.90 Å². The number of allylic oxidation sites excluding steroid dienone is 2. The molecule has 4 nitrogen and oxygen atoms in total. The predicted octanol–water partition coefficient (Wildman–Crippen LogP) is 1.70. The summed E-state index contributed by atoms with van der Waals surface area (Å²) in [6.45, 7) is 1.88. The summed E-state index contributed by atoms with van der Waals surface area (Å²) in [7, 11) is 0. The number of rotatable bonds is 1. The predicted molar refractivity (Wildman–Crippen MR) is 69.2 cm³/mol. The Bertz CT molecular complexity index is 592. The fourth-order valence-electron chi connectivity index (χ4n) is 3.82. The van der Waals surface area contributed by atoms with Gasteiger partial charge in [-0.15, -0.1) is 0 Å². The molecular weight excluding hydrogens is 240 g/mol. The Morgan fingerprint density at radius 3 is 2.37 bits per heavy atom. The molecule has 1 aliphatic heterocycles. The largest absolute Gasteiger partial charge is 0.274 e. The highest BCUT2D eigenvalue weighted by Crippen LogP contribution is 2.53. The molecule has 3 aliphatic rings. The van der Waals surface area contributed by atoms with Crippen molar-refractivity contribution in [2.24, 2.45) is 23.7 Å². The summed E-state index contributed by atoms with van der Waals surface area (Å²) < 4.78 is 0. The van der Waals surface area contributed by atoms with E-state index in [0.717, 1.165) is 12.0 Å². The van der Waals surface area contributed by atoms with Gasteiger partial charge in [-0.3, -0.25) is 9.59 Å². The molecule has 2 heterocycles. The summed E-state index contributed by atoms with van der Waals surface area (Å²) in [6, 6.07) is 3.69. The number of pyridine rings is 1. The SMILES string of the molecule is Cc1cccnc1N1C(=O)[C@@H]2[C@@H](C1=O)[C@H]1C=C[C@@H]2C1. The Morgan fingerprint density at radius 2 is 1.79 bits per heavy atom. The second-order valence-corrected chi connectivity index (χ2v) is 5.66. The Balaban J connectivity index is 1.79. The highest BCUT2D eigenvalue weighted by Gasteiger charge is 2.59. The van der Waals surface area contributed by atoms with Gasteiger partial charge in [0.2, 0.25) is 11.8 Å². The van der Waals surface area contributed by atoms with E-state index in [4.69, 9.17) is 0 Å². The van der Waals surface area contributed by atoms with Crippen molar-refractivity contribution in [3.05, 3.63) is 36.0 Å². The topological polar surface area (TPSA) is 50.3 Å². The molecule has 2 amide bonds. The number of fused-ring (bicyclic) bond motifs is 5. The molecule has 2 bridgehead atoms. The average molecular weight is 254 g/mol. The van der Waals surface area contributed by atoms with Gasteiger partial charge in [-0.2, -0.15) is 0 Å². The highest BCUT2D eigenvalue weighted by molar-refractivity contribution is 6.22. The van der Waals surface area contributed by atoms with Crippen LogP contribution in [0.3, 0.4) is 0 Å². The molecule has 0 spiro atoms. The Labute approximate surface area is 111 Å². The first-order valence-corrected chi connectivity index (χ1v) is 6.66. The Kier molecular flexibility index (Phi) is 2.03. The summed E-state index contributed by atoms with van der Waals surface area (Å²) in [4.78, 5) is 30.7. The zero-order valence-corrected chi connectivity index (χ0v) is 10.6. The van der Waals surface area contributed by atoms with Crippen LogP contribution in [-0.2, 0) is 9.59 Å². The van der Waals surface area contributed by atoms with Crippen LogP contribution in [0.4, 0.5) is 5.82 Å². The van der Waals surface area contributed by atoms with Crippen LogP contribution in [0.5, 0.6) is 0 Å². The van der Waals surface area contributed by atoms with Gasteiger partial charge >= 0.3 is 0 Å². The maximum absolute atomic E-state index is 12.6. The third-order valence-corrected chi connectivity index (χ3v) is 4.66. The number of carbonyl (C=O) groups is 2. The zero-order chi connectivity index (χ0) is 13.1. The summed E-state index contributed by atoms with van der Waals surface area (Å²) in [5.74, 6) is 0.586. The van der Waals surface area contributed by atoms with Gasteiger partial charge in [0.1, 0.15) is 5.82 Å². The molecule has 2 aliphatic carbocycles. The van der Waals surface area contributed by atoms with E-state index in [2.05, 4.69) is 17.1 Å².